The van der Waals surface area contributed by atoms with Crippen LogP contribution in [0, 0.1) is 13.8 Å². The molecule has 2 aromatic heterocycles. The van der Waals surface area contributed by atoms with Gasteiger partial charge in [-0.25, -0.2) is 19.6 Å². The molecule has 3 N–H and O–H groups in total. The molecule has 4 aromatic carbocycles. The molecule has 2 unspecified atom stereocenters. The van der Waals surface area contributed by atoms with Gasteiger partial charge in [0.25, 0.3) is 0 Å². The number of hydrogen-bond donors (Lipinski definition) is 2. The third kappa shape index (κ3) is 6.06. The molecule has 0 bridgehead atoms. The highest BCUT2D eigenvalue weighted by molar-refractivity contribution is 7.22. The molecule has 10 heteroatoms. The van der Waals surface area contributed by atoms with Gasteiger partial charge >= 0.3 is 11.9 Å². The lowest BCUT2D eigenvalue weighted by atomic mass is 10.1. The van der Waals surface area contributed by atoms with Crippen LogP contribution in [0.25, 0.3) is 20.4 Å². The number of cyclic esters (lactones) is 2. The highest BCUT2D eigenvalue weighted by atomic mass is 32.1. The van der Waals surface area contributed by atoms with Crippen molar-refractivity contribution in [1.29, 1.82) is 0 Å². The zero-order valence-corrected chi connectivity index (χ0v) is 25.3. The largest absolute Gasteiger partial charge is 0.454 e. The van der Waals surface area contributed by atoms with Crippen molar-refractivity contribution < 1.29 is 19.1 Å². The fraction of sp³-hybridized carbons (Fsp3) is 0.152. The minimum absolute atomic E-state index is 0.0706. The maximum absolute atomic E-state index is 11.8. The van der Waals surface area contributed by atoms with E-state index in [4.69, 9.17) is 15.2 Å². The average molecular weight is 609 g/mol. The molecule has 0 spiro atoms. The summed E-state index contributed by atoms with van der Waals surface area (Å²) in [6.07, 6.45) is -0.533. The zero-order chi connectivity index (χ0) is 30.1. The summed E-state index contributed by atoms with van der Waals surface area (Å²) in [6.45, 7) is 6.00. The topological polar surface area (TPSA) is 116 Å². The number of benzene rings is 4. The Balaban J connectivity index is 0.000000126. The number of nitrogens with zero attached hydrogens (tertiary/aromatic N) is 2. The lowest BCUT2D eigenvalue weighted by Gasteiger charge is -2.11. The molecule has 0 aliphatic carbocycles. The molecular formula is C33H28N4O4S2. The highest BCUT2D eigenvalue weighted by Crippen LogP contribution is 2.34. The number of ether oxygens (including phenoxy) is 2. The van der Waals surface area contributed by atoms with Crippen LogP contribution in [0.3, 0.4) is 0 Å². The predicted octanol–water partition coefficient (Wildman–Crippen LogP) is 7.99. The Morgan fingerprint density at radius 1 is 0.721 bits per heavy atom. The van der Waals surface area contributed by atoms with Crippen LogP contribution in [0.5, 0.6) is 0 Å². The van der Waals surface area contributed by atoms with Crippen LogP contribution in [0.1, 0.15) is 62.2 Å². The van der Waals surface area contributed by atoms with E-state index in [9.17, 15) is 9.59 Å². The lowest BCUT2D eigenvalue weighted by molar-refractivity contribution is 0.0417. The molecule has 0 saturated carbocycles. The van der Waals surface area contributed by atoms with E-state index in [1.54, 1.807) is 23.5 Å². The molecule has 0 fully saturated rings. The molecule has 2 aliphatic rings. The number of thiazole rings is 2. The first-order chi connectivity index (χ1) is 20.7. The molecule has 0 radical (unpaired) electrons. The summed E-state index contributed by atoms with van der Waals surface area (Å²) < 4.78 is 12.7. The second-order valence-electron chi connectivity index (χ2n) is 10.2. The normalized spacial score (nSPS) is 16.3. The van der Waals surface area contributed by atoms with Gasteiger partial charge in [0, 0.05) is 11.1 Å². The van der Waals surface area contributed by atoms with Crippen molar-refractivity contribution in [3.8, 4) is 0 Å². The molecule has 216 valence electrons. The van der Waals surface area contributed by atoms with Crippen LogP contribution in [0.4, 0.5) is 10.3 Å². The number of carbonyl (C=O) groups excluding carboxylic acids is 2. The van der Waals surface area contributed by atoms with Crippen LogP contribution in [0.15, 0.2) is 84.9 Å². The van der Waals surface area contributed by atoms with Crippen molar-refractivity contribution >= 4 is 65.3 Å². The van der Waals surface area contributed by atoms with Crippen molar-refractivity contribution in [2.45, 2.75) is 33.1 Å². The molecule has 6 aromatic rings. The number of nitrogens with two attached hydrogens (primary N) is 1. The Morgan fingerprint density at radius 2 is 1.28 bits per heavy atom. The summed E-state index contributed by atoms with van der Waals surface area (Å²) in [7, 11) is 0. The summed E-state index contributed by atoms with van der Waals surface area (Å²) in [5.41, 5.74) is 13.1. The standard InChI is InChI=1S/C16H12N2O2S.C9H8O2.C8H8N2S/c1-9-6-7-12-13(8-9)21-16(17-12)18-14-10-4-2-3-5-11(10)15(19)20-14;1-6-7-4-2-3-5-8(7)9(10)11-6;1-5-2-3-6-7(4-5)11-8(9)10-6/h2-8,14H,1H3,(H,17,18);2-6H,1H3;2-4H,1H3,(H2,9,10). The van der Waals surface area contributed by atoms with Gasteiger partial charge in [-0.05, 0) is 68.3 Å². The van der Waals surface area contributed by atoms with E-state index in [2.05, 4.69) is 41.3 Å². The number of fused-ring (bicyclic) bond motifs is 4. The van der Waals surface area contributed by atoms with Gasteiger partial charge in [-0.2, -0.15) is 0 Å². The van der Waals surface area contributed by atoms with Crippen LogP contribution in [-0.4, -0.2) is 21.9 Å². The van der Waals surface area contributed by atoms with E-state index in [0.717, 1.165) is 32.0 Å². The zero-order valence-electron chi connectivity index (χ0n) is 23.7. The summed E-state index contributed by atoms with van der Waals surface area (Å²) >= 11 is 3.09. The molecular weight excluding hydrogens is 581 g/mol. The smallest absolute Gasteiger partial charge is 0.340 e. The molecule has 2 atom stereocenters. The number of hydrogen-bond acceptors (Lipinski definition) is 10. The molecule has 0 amide bonds. The fourth-order valence-electron chi connectivity index (χ4n) is 4.83. The fourth-order valence-corrected chi connectivity index (χ4v) is 6.65. The maximum atomic E-state index is 11.8. The molecule has 43 heavy (non-hydrogen) atoms. The molecule has 8 nitrogen and oxygen atoms in total. The Labute approximate surface area is 256 Å². The van der Waals surface area contributed by atoms with Gasteiger partial charge in [-0.1, -0.05) is 71.2 Å². The summed E-state index contributed by atoms with van der Waals surface area (Å²) in [5, 5.41) is 4.60. The number of aromatic nitrogens is 2. The van der Waals surface area contributed by atoms with Gasteiger partial charge in [0.15, 0.2) is 10.3 Å². The minimum atomic E-state index is -0.463. The van der Waals surface area contributed by atoms with Gasteiger partial charge in [-0.3, -0.25) is 0 Å². The van der Waals surface area contributed by atoms with Crippen LogP contribution < -0.4 is 11.1 Å². The van der Waals surface area contributed by atoms with Gasteiger partial charge in [0.2, 0.25) is 6.23 Å². The number of esters is 2. The predicted molar refractivity (Wildman–Crippen MR) is 172 cm³/mol. The molecule has 8 rings (SSSR count). The van der Waals surface area contributed by atoms with Gasteiger partial charge in [0.1, 0.15) is 6.10 Å². The first kappa shape index (κ1) is 28.3. The van der Waals surface area contributed by atoms with E-state index in [1.807, 2.05) is 67.6 Å². The Kier molecular flexibility index (Phi) is 7.79. The van der Waals surface area contributed by atoms with Crippen molar-refractivity contribution in [2.24, 2.45) is 0 Å². The summed E-state index contributed by atoms with van der Waals surface area (Å²) in [6, 6.07) is 27.2. The second kappa shape index (κ2) is 11.8. The summed E-state index contributed by atoms with van der Waals surface area (Å²) in [5.74, 6) is -0.492. The van der Waals surface area contributed by atoms with Crippen LogP contribution in [0.2, 0.25) is 0 Å². The number of carbonyl (C=O) groups is 2. The van der Waals surface area contributed by atoms with E-state index < -0.39 is 6.23 Å². The SMILES string of the molecule is CC1OC(=O)c2ccccc21.Cc1ccc2nc(N)sc2c1.Cc1ccc2nc(NC3OC(=O)c4ccccc43)sc2c1. The van der Waals surface area contributed by atoms with E-state index in [-0.39, 0.29) is 18.0 Å². The van der Waals surface area contributed by atoms with Crippen molar-refractivity contribution in [1.82, 2.24) is 9.97 Å². The van der Waals surface area contributed by atoms with Gasteiger partial charge in [-0.15, -0.1) is 0 Å². The average Bonchev–Trinajstić information content (AvgIpc) is 3.73. The van der Waals surface area contributed by atoms with Crippen molar-refractivity contribution in [3.05, 3.63) is 118 Å². The van der Waals surface area contributed by atoms with Crippen LogP contribution in [-0.2, 0) is 9.47 Å². The van der Waals surface area contributed by atoms with Gasteiger partial charge < -0.3 is 20.5 Å². The number of aryl methyl sites for hydroxylation is 2. The molecule has 4 heterocycles. The lowest BCUT2D eigenvalue weighted by Crippen LogP contribution is -2.09. The molecule has 2 aliphatic heterocycles. The Bertz CT molecular complexity index is 1980. The summed E-state index contributed by atoms with van der Waals surface area (Å²) in [4.78, 5) is 31.5. The van der Waals surface area contributed by atoms with Gasteiger partial charge in [0.05, 0.1) is 31.6 Å². The number of rotatable bonds is 2. The van der Waals surface area contributed by atoms with E-state index in [1.165, 1.54) is 27.2 Å². The number of anilines is 2. The van der Waals surface area contributed by atoms with E-state index in [0.29, 0.717) is 16.3 Å². The Hall–Kier alpha value is -4.80. The first-order valence-corrected chi connectivity index (χ1v) is 15.2. The van der Waals surface area contributed by atoms with Crippen molar-refractivity contribution in [2.75, 3.05) is 11.1 Å². The molecule has 0 saturated heterocycles. The van der Waals surface area contributed by atoms with Crippen LogP contribution >= 0.6 is 22.7 Å². The van der Waals surface area contributed by atoms with Crippen molar-refractivity contribution in [3.63, 3.8) is 0 Å². The monoisotopic (exact) mass is 608 g/mol. The quantitative estimate of drug-likeness (QED) is 0.190. The second-order valence-corrected chi connectivity index (χ2v) is 12.3. The van der Waals surface area contributed by atoms with E-state index >= 15 is 0 Å². The minimum Gasteiger partial charge on any atom is -0.454 e. The number of nitrogen functional groups attached to an aromatic ring is 1. The third-order valence-corrected chi connectivity index (χ3v) is 8.75. The Morgan fingerprint density at radius 3 is 1.95 bits per heavy atom. The first-order valence-electron chi connectivity index (χ1n) is 13.6. The maximum Gasteiger partial charge on any atom is 0.340 e. The third-order valence-electron chi connectivity index (χ3n) is 6.95. The number of nitrogens with one attached hydrogen (secondary N) is 1. The highest BCUT2D eigenvalue weighted by Gasteiger charge is 2.31.